The average Bonchev–Trinajstić information content (AvgIpc) is 3.37. The van der Waals surface area contributed by atoms with Crippen molar-refractivity contribution in [3.8, 4) is 5.75 Å². The van der Waals surface area contributed by atoms with E-state index in [1.54, 1.807) is 4.90 Å². The maximum absolute atomic E-state index is 12.5. The van der Waals surface area contributed by atoms with Gasteiger partial charge in [0.05, 0.1) is 0 Å². The number of anilines is 1. The summed E-state index contributed by atoms with van der Waals surface area (Å²) in [6, 6.07) is 7.93. The van der Waals surface area contributed by atoms with Crippen LogP contribution in [0.5, 0.6) is 5.75 Å². The minimum Gasteiger partial charge on any atom is -0.484 e. The minimum atomic E-state index is 0. The molecule has 3 aliphatic heterocycles. The van der Waals surface area contributed by atoms with Gasteiger partial charge in [0, 0.05) is 64.0 Å². The predicted octanol–water partition coefficient (Wildman–Crippen LogP) is 1.12. The van der Waals surface area contributed by atoms with Crippen molar-refractivity contribution in [2.45, 2.75) is 25.3 Å². The molecule has 0 aliphatic carbocycles. The molecular formula is C20H29ClN4O3. The van der Waals surface area contributed by atoms with Crippen LogP contribution in [0, 0.1) is 0 Å². The van der Waals surface area contributed by atoms with Gasteiger partial charge < -0.3 is 19.9 Å². The standard InChI is InChI=1S/C20H28N4O3.ClH/c25-19-2-1-10-24(19)16-3-5-18(6-4-16)27-15-20(26)23-11-7-17(14-23)22-12-8-21-9-13-22;/h3-6,17,21H,1-2,7-15H2;1H. The Balaban J connectivity index is 0.00000225. The lowest BCUT2D eigenvalue weighted by Gasteiger charge is -2.32. The van der Waals surface area contributed by atoms with Crippen molar-refractivity contribution in [3.63, 3.8) is 0 Å². The number of ether oxygens (including phenoxy) is 1. The zero-order valence-corrected chi connectivity index (χ0v) is 17.0. The van der Waals surface area contributed by atoms with Crippen molar-refractivity contribution in [1.82, 2.24) is 15.1 Å². The Morgan fingerprint density at radius 1 is 1.11 bits per heavy atom. The second kappa shape index (κ2) is 9.58. The second-order valence-corrected chi connectivity index (χ2v) is 7.50. The number of rotatable bonds is 5. The van der Waals surface area contributed by atoms with E-state index in [0.717, 1.165) is 64.3 Å². The maximum atomic E-state index is 12.5. The van der Waals surface area contributed by atoms with E-state index in [1.807, 2.05) is 29.2 Å². The molecule has 0 bridgehead atoms. The van der Waals surface area contributed by atoms with Gasteiger partial charge >= 0.3 is 0 Å². The van der Waals surface area contributed by atoms with Crippen molar-refractivity contribution in [1.29, 1.82) is 0 Å². The third-order valence-electron chi connectivity index (χ3n) is 5.77. The fourth-order valence-corrected chi connectivity index (χ4v) is 4.19. The zero-order valence-electron chi connectivity index (χ0n) is 16.1. The van der Waals surface area contributed by atoms with E-state index in [2.05, 4.69) is 10.2 Å². The van der Waals surface area contributed by atoms with Gasteiger partial charge in [-0.05, 0) is 37.1 Å². The Morgan fingerprint density at radius 2 is 1.86 bits per heavy atom. The van der Waals surface area contributed by atoms with Crippen LogP contribution < -0.4 is 15.0 Å². The van der Waals surface area contributed by atoms with Gasteiger partial charge in [-0.15, -0.1) is 12.4 Å². The molecule has 1 aromatic carbocycles. The highest BCUT2D eigenvalue weighted by molar-refractivity contribution is 5.95. The van der Waals surface area contributed by atoms with E-state index >= 15 is 0 Å². The maximum Gasteiger partial charge on any atom is 0.260 e. The normalized spacial score (nSPS) is 23.0. The molecule has 1 N–H and O–H groups in total. The summed E-state index contributed by atoms with van der Waals surface area (Å²) in [6.45, 7) is 6.66. The van der Waals surface area contributed by atoms with Gasteiger partial charge in [0.1, 0.15) is 5.75 Å². The SMILES string of the molecule is Cl.O=C(COc1ccc(N2CCCC2=O)cc1)N1CCC(N2CCNCC2)C1. The second-order valence-electron chi connectivity index (χ2n) is 7.50. The molecule has 3 aliphatic rings. The first-order chi connectivity index (χ1) is 13.2. The first-order valence-electron chi connectivity index (χ1n) is 9.96. The fraction of sp³-hybridized carbons (Fsp3) is 0.600. The van der Waals surface area contributed by atoms with Gasteiger partial charge in [-0.25, -0.2) is 0 Å². The lowest BCUT2D eigenvalue weighted by Crippen LogP contribution is -2.49. The number of piperazine rings is 1. The summed E-state index contributed by atoms with van der Waals surface area (Å²) in [5, 5.41) is 3.37. The van der Waals surface area contributed by atoms with E-state index in [0.29, 0.717) is 18.2 Å². The van der Waals surface area contributed by atoms with Crippen LogP contribution in [-0.4, -0.2) is 80.1 Å². The first-order valence-corrected chi connectivity index (χ1v) is 9.96. The third-order valence-corrected chi connectivity index (χ3v) is 5.77. The van der Waals surface area contributed by atoms with E-state index in [9.17, 15) is 9.59 Å². The molecule has 154 valence electrons. The predicted molar refractivity (Wildman–Crippen MR) is 110 cm³/mol. The molecule has 0 spiro atoms. The van der Waals surface area contributed by atoms with Gasteiger partial charge in [-0.3, -0.25) is 14.5 Å². The Bertz CT molecular complexity index is 679. The number of nitrogens with one attached hydrogen (secondary N) is 1. The monoisotopic (exact) mass is 408 g/mol. The number of nitrogens with zero attached hydrogens (tertiary/aromatic N) is 3. The molecule has 0 saturated carbocycles. The van der Waals surface area contributed by atoms with Crippen LogP contribution in [0.4, 0.5) is 5.69 Å². The van der Waals surface area contributed by atoms with Crippen LogP contribution in [0.15, 0.2) is 24.3 Å². The summed E-state index contributed by atoms with van der Waals surface area (Å²) < 4.78 is 5.69. The van der Waals surface area contributed by atoms with Crippen molar-refractivity contribution >= 4 is 29.9 Å². The lowest BCUT2D eigenvalue weighted by molar-refractivity contribution is -0.132. The van der Waals surface area contributed by atoms with Crippen molar-refractivity contribution in [3.05, 3.63) is 24.3 Å². The van der Waals surface area contributed by atoms with Gasteiger partial charge in [0.2, 0.25) is 5.91 Å². The average molecular weight is 409 g/mol. The summed E-state index contributed by atoms with van der Waals surface area (Å²) in [4.78, 5) is 30.5. The number of halogens is 1. The van der Waals surface area contributed by atoms with E-state index in [4.69, 9.17) is 4.74 Å². The topological polar surface area (TPSA) is 65.1 Å². The van der Waals surface area contributed by atoms with Crippen LogP contribution in [0.2, 0.25) is 0 Å². The Labute approximate surface area is 172 Å². The molecule has 4 rings (SSSR count). The molecule has 28 heavy (non-hydrogen) atoms. The molecule has 3 fully saturated rings. The summed E-state index contributed by atoms with van der Waals surface area (Å²) in [5.74, 6) is 0.884. The number of likely N-dealkylation sites (tertiary alicyclic amines) is 1. The van der Waals surface area contributed by atoms with Gasteiger partial charge in [0.25, 0.3) is 5.91 Å². The van der Waals surface area contributed by atoms with Gasteiger partial charge in [-0.2, -0.15) is 0 Å². The summed E-state index contributed by atoms with van der Waals surface area (Å²) >= 11 is 0. The lowest BCUT2D eigenvalue weighted by atomic mass is 10.2. The highest BCUT2D eigenvalue weighted by Crippen LogP contribution is 2.24. The highest BCUT2D eigenvalue weighted by atomic mass is 35.5. The van der Waals surface area contributed by atoms with Crippen molar-refractivity contribution < 1.29 is 14.3 Å². The number of benzene rings is 1. The summed E-state index contributed by atoms with van der Waals surface area (Å²) in [6.07, 6.45) is 2.58. The molecule has 0 aromatic heterocycles. The third kappa shape index (κ3) is 4.77. The quantitative estimate of drug-likeness (QED) is 0.791. The van der Waals surface area contributed by atoms with E-state index in [-0.39, 0.29) is 30.8 Å². The number of carbonyl (C=O) groups is 2. The summed E-state index contributed by atoms with van der Waals surface area (Å²) in [5.41, 5.74) is 0.898. The summed E-state index contributed by atoms with van der Waals surface area (Å²) in [7, 11) is 0. The van der Waals surface area contributed by atoms with Crippen molar-refractivity contribution in [2.24, 2.45) is 0 Å². The minimum absolute atomic E-state index is 0. The van der Waals surface area contributed by atoms with Crippen LogP contribution in [0.3, 0.4) is 0 Å². The first kappa shape index (κ1) is 20.9. The van der Waals surface area contributed by atoms with E-state index in [1.165, 1.54) is 0 Å². The van der Waals surface area contributed by atoms with Crippen molar-refractivity contribution in [2.75, 3.05) is 57.3 Å². The molecule has 3 saturated heterocycles. The van der Waals surface area contributed by atoms with Gasteiger partial charge in [-0.1, -0.05) is 0 Å². The van der Waals surface area contributed by atoms with E-state index < -0.39 is 0 Å². The molecule has 3 heterocycles. The number of hydrogen-bond acceptors (Lipinski definition) is 5. The molecular weight excluding hydrogens is 380 g/mol. The molecule has 2 amide bonds. The largest absolute Gasteiger partial charge is 0.484 e. The Hall–Kier alpha value is -1.83. The smallest absolute Gasteiger partial charge is 0.260 e. The number of hydrogen-bond donors (Lipinski definition) is 1. The zero-order chi connectivity index (χ0) is 18.6. The number of carbonyl (C=O) groups excluding carboxylic acids is 2. The fourth-order valence-electron chi connectivity index (χ4n) is 4.19. The molecule has 0 radical (unpaired) electrons. The molecule has 1 atom stereocenters. The molecule has 8 heteroatoms. The molecule has 7 nitrogen and oxygen atoms in total. The Kier molecular flexibility index (Phi) is 7.15. The van der Waals surface area contributed by atoms with Gasteiger partial charge in [0.15, 0.2) is 6.61 Å². The Morgan fingerprint density at radius 3 is 2.54 bits per heavy atom. The van der Waals surface area contributed by atoms with Crippen LogP contribution in [-0.2, 0) is 9.59 Å². The number of amides is 2. The molecule has 1 aromatic rings. The molecule has 1 unspecified atom stereocenters. The van der Waals surface area contributed by atoms with Crippen LogP contribution in [0.1, 0.15) is 19.3 Å². The van der Waals surface area contributed by atoms with Crippen LogP contribution in [0.25, 0.3) is 0 Å². The highest BCUT2D eigenvalue weighted by Gasteiger charge is 2.31. The van der Waals surface area contributed by atoms with Crippen LogP contribution >= 0.6 is 12.4 Å².